The molecule has 0 fully saturated rings. The van der Waals surface area contributed by atoms with Crippen LogP contribution in [0.25, 0.3) is 0 Å². The third-order valence-corrected chi connectivity index (χ3v) is 4.25. The summed E-state index contributed by atoms with van der Waals surface area (Å²) in [5, 5.41) is 9.45. The second-order valence-electron chi connectivity index (χ2n) is 5.22. The van der Waals surface area contributed by atoms with Gasteiger partial charge in [0.05, 0.1) is 5.69 Å². The van der Waals surface area contributed by atoms with Crippen LogP contribution < -0.4 is 4.90 Å². The van der Waals surface area contributed by atoms with Gasteiger partial charge in [-0.05, 0) is 26.3 Å². The molecule has 0 radical (unpaired) electrons. The lowest BCUT2D eigenvalue weighted by Crippen LogP contribution is -2.37. The number of carbonyl (C=O) groups is 2. The van der Waals surface area contributed by atoms with Crippen molar-refractivity contribution in [3.8, 4) is 0 Å². The van der Waals surface area contributed by atoms with Crippen molar-refractivity contribution < 1.29 is 19.4 Å². The summed E-state index contributed by atoms with van der Waals surface area (Å²) >= 11 is 0.968. The largest absolute Gasteiger partial charge is 0.477 e. The van der Waals surface area contributed by atoms with E-state index in [2.05, 4.69) is 4.98 Å². The third-order valence-electron chi connectivity index (χ3n) is 3.10. The molecule has 1 aromatic heterocycles. The Hall–Kier alpha value is -2.41. The molecule has 0 aliphatic rings. The van der Waals surface area contributed by atoms with Crippen LogP contribution in [0.2, 0.25) is 0 Å². The number of carbonyl (C=O) groups excluding carboxylic acids is 1. The molecule has 2 rings (SSSR count). The van der Waals surface area contributed by atoms with Gasteiger partial charge in [0.1, 0.15) is 11.5 Å². The van der Waals surface area contributed by atoms with Crippen molar-refractivity contribution in [3.63, 3.8) is 0 Å². The van der Waals surface area contributed by atoms with Crippen molar-refractivity contribution in [1.29, 1.82) is 0 Å². The van der Waals surface area contributed by atoms with Crippen molar-refractivity contribution in [2.24, 2.45) is 0 Å². The van der Waals surface area contributed by atoms with E-state index in [1.165, 1.54) is 4.90 Å². The highest BCUT2D eigenvalue weighted by Gasteiger charge is 2.26. The average Bonchev–Trinajstić information content (AvgIpc) is 2.87. The first-order chi connectivity index (χ1) is 10.9. The first-order valence-corrected chi connectivity index (χ1v) is 7.92. The van der Waals surface area contributed by atoms with E-state index in [9.17, 15) is 9.59 Å². The Balaban J connectivity index is 2.16. The molecule has 0 saturated carbocycles. The number of carboxylic acid groups (broad SMARTS) is 1. The Morgan fingerprint density at radius 3 is 2.48 bits per heavy atom. The maximum atomic E-state index is 12.4. The van der Waals surface area contributed by atoms with Gasteiger partial charge in [-0.15, -0.1) is 0 Å². The van der Waals surface area contributed by atoms with Crippen LogP contribution in [-0.2, 0) is 11.3 Å². The zero-order valence-corrected chi connectivity index (χ0v) is 14.0. The fourth-order valence-electron chi connectivity index (χ4n) is 1.98. The van der Waals surface area contributed by atoms with E-state index in [0.29, 0.717) is 10.8 Å². The first kappa shape index (κ1) is 17.0. The third kappa shape index (κ3) is 4.07. The predicted octanol–water partition coefficient (Wildman–Crippen LogP) is 3.70. The number of amides is 1. The first-order valence-electron chi connectivity index (χ1n) is 7.10. The molecule has 0 atom stereocenters. The van der Waals surface area contributed by atoms with Gasteiger partial charge in [0, 0.05) is 6.04 Å². The number of aromatic nitrogens is 1. The monoisotopic (exact) mass is 334 g/mol. The molecule has 0 aliphatic heterocycles. The van der Waals surface area contributed by atoms with Crippen LogP contribution in [0.4, 0.5) is 9.93 Å². The van der Waals surface area contributed by atoms with Crippen molar-refractivity contribution in [3.05, 3.63) is 46.5 Å². The number of aromatic carboxylic acids is 1. The van der Waals surface area contributed by atoms with E-state index in [4.69, 9.17) is 9.84 Å². The molecule has 1 heterocycles. The summed E-state index contributed by atoms with van der Waals surface area (Å²) in [7, 11) is 0. The lowest BCUT2D eigenvalue weighted by atomic mass is 10.2. The maximum absolute atomic E-state index is 12.4. The summed E-state index contributed by atoms with van der Waals surface area (Å²) in [5.74, 6) is -1.05. The molecule has 122 valence electrons. The Labute approximate surface area is 138 Å². The quantitative estimate of drug-likeness (QED) is 0.902. The van der Waals surface area contributed by atoms with Crippen LogP contribution in [-0.4, -0.2) is 28.2 Å². The maximum Gasteiger partial charge on any atom is 0.416 e. The summed E-state index contributed by atoms with van der Waals surface area (Å²) in [6.45, 7) is 5.40. The highest BCUT2D eigenvalue weighted by atomic mass is 32.1. The van der Waals surface area contributed by atoms with Crippen molar-refractivity contribution in [2.75, 3.05) is 4.90 Å². The molecule has 7 heteroatoms. The lowest BCUT2D eigenvalue weighted by molar-refractivity contribution is 0.0701. The van der Waals surface area contributed by atoms with E-state index in [-0.39, 0.29) is 17.5 Å². The summed E-state index contributed by atoms with van der Waals surface area (Å²) in [5.41, 5.74) is 1.27. The number of hydrogen-bond donors (Lipinski definition) is 1. The second-order valence-corrected chi connectivity index (χ2v) is 6.20. The molecule has 1 aromatic carbocycles. The fraction of sp³-hybridized carbons (Fsp3) is 0.312. The van der Waals surface area contributed by atoms with Crippen LogP contribution in [0.3, 0.4) is 0 Å². The van der Waals surface area contributed by atoms with E-state index in [0.717, 1.165) is 16.9 Å². The average molecular weight is 334 g/mol. The summed E-state index contributed by atoms with van der Waals surface area (Å²) < 4.78 is 5.32. The van der Waals surface area contributed by atoms with Crippen LogP contribution in [0.1, 0.15) is 34.8 Å². The van der Waals surface area contributed by atoms with Gasteiger partial charge < -0.3 is 9.84 Å². The highest BCUT2D eigenvalue weighted by molar-refractivity contribution is 7.17. The number of rotatable bonds is 5. The summed E-state index contributed by atoms with van der Waals surface area (Å²) in [4.78, 5) is 29.2. The predicted molar refractivity (Wildman–Crippen MR) is 88.1 cm³/mol. The molecule has 0 bridgehead atoms. The molecule has 1 N–H and O–H groups in total. The van der Waals surface area contributed by atoms with Gasteiger partial charge >= 0.3 is 12.1 Å². The van der Waals surface area contributed by atoms with Gasteiger partial charge in [0.25, 0.3) is 0 Å². The molecule has 0 aliphatic carbocycles. The number of carboxylic acids is 1. The zero-order chi connectivity index (χ0) is 17.0. The number of thiazole rings is 1. The standard InChI is InChI=1S/C16H18N2O4S/c1-10(2)18(15-17-11(3)13(23-15)14(19)20)16(21)22-9-12-7-5-4-6-8-12/h4-8,10H,9H2,1-3H3,(H,19,20). The van der Waals surface area contributed by atoms with E-state index >= 15 is 0 Å². The molecule has 0 unspecified atom stereocenters. The lowest BCUT2D eigenvalue weighted by Gasteiger charge is -2.23. The normalized spacial score (nSPS) is 10.6. The Kier molecular flexibility index (Phi) is 5.33. The Morgan fingerprint density at radius 1 is 1.30 bits per heavy atom. The minimum absolute atomic E-state index is 0.126. The van der Waals surface area contributed by atoms with E-state index in [1.807, 2.05) is 44.2 Å². The second kappa shape index (κ2) is 7.23. The van der Waals surface area contributed by atoms with Gasteiger partial charge in [0.2, 0.25) is 0 Å². The smallest absolute Gasteiger partial charge is 0.416 e. The molecule has 0 saturated heterocycles. The number of aryl methyl sites for hydroxylation is 1. The number of anilines is 1. The highest BCUT2D eigenvalue weighted by Crippen LogP contribution is 2.28. The minimum Gasteiger partial charge on any atom is -0.477 e. The molecule has 1 amide bonds. The van der Waals surface area contributed by atoms with Crippen molar-refractivity contribution >= 4 is 28.5 Å². The molecular weight excluding hydrogens is 316 g/mol. The van der Waals surface area contributed by atoms with Gasteiger partial charge in [-0.3, -0.25) is 4.90 Å². The van der Waals surface area contributed by atoms with Gasteiger partial charge in [-0.25, -0.2) is 14.6 Å². The summed E-state index contributed by atoms with van der Waals surface area (Å²) in [6.07, 6.45) is -0.547. The van der Waals surface area contributed by atoms with E-state index < -0.39 is 12.1 Å². The zero-order valence-electron chi connectivity index (χ0n) is 13.1. The fourth-order valence-corrected chi connectivity index (χ4v) is 3.01. The molecule has 0 spiro atoms. The molecular formula is C16H18N2O4S. The van der Waals surface area contributed by atoms with Crippen LogP contribution in [0, 0.1) is 6.92 Å². The van der Waals surface area contributed by atoms with Crippen molar-refractivity contribution in [1.82, 2.24) is 4.98 Å². The van der Waals surface area contributed by atoms with Crippen LogP contribution in [0.15, 0.2) is 30.3 Å². The topological polar surface area (TPSA) is 79.7 Å². The number of benzene rings is 1. The van der Waals surface area contributed by atoms with Gasteiger partial charge in [0.15, 0.2) is 5.13 Å². The molecule has 23 heavy (non-hydrogen) atoms. The number of ether oxygens (including phenoxy) is 1. The number of hydrogen-bond acceptors (Lipinski definition) is 5. The molecule has 2 aromatic rings. The van der Waals surface area contributed by atoms with E-state index in [1.54, 1.807) is 6.92 Å². The van der Waals surface area contributed by atoms with Crippen LogP contribution in [0.5, 0.6) is 0 Å². The van der Waals surface area contributed by atoms with Gasteiger partial charge in [-0.2, -0.15) is 0 Å². The van der Waals surface area contributed by atoms with Crippen LogP contribution >= 0.6 is 11.3 Å². The SMILES string of the molecule is Cc1nc(N(C(=O)OCc2ccccc2)C(C)C)sc1C(=O)O. The minimum atomic E-state index is -1.05. The van der Waals surface area contributed by atoms with Crippen molar-refractivity contribution in [2.45, 2.75) is 33.4 Å². The number of nitrogens with zero attached hydrogens (tertiary/aromatic N) is 2. The Morgan fingerprint density at radius 2 is 1.96 bits per heavy atom. The summed E-state index contributed by atoms with van der Waals surface area (Å²) in [6, 6.07) is 9.15. The molecule has 6 nitrogen and oxygen atoms in total. The Bertz CT molecular complexity index is 697. The van der Waals surface area contributed by atoms with Gasteiger partial charge in [-0.1, -0.05) is 41.7 Å².